The van der Waals surface area contributed by atoms with E-state index in [0.29, 0.717) is 11.3 Å². The van der Waals surface area contributed by atoms with Gasteiger partial charge >= 0.3 is 0 Å². The van der Waals surface area contributed by atoms with Crippen molar-refractivity contribution in [2.75, 3.05) is 39.0 Å². The molecule has 1 aromatic rings. The van der Waals surface area contributed by atoms with Crippen LogP contribution in [0, 0.1) is 6.92 Å². The van der Waals surface area contributed by atoms with Crippen LogP contribution in [0.2, 0.25) is 0 Å². The highest BCUT2D eigenvalue weighted by molar-refractivity contribution is 5.96. The molecule has 19 heavy (non-hydrogen) atoms. The number of anilines is 1. The van der Waals surface area contributed by atoms with Gasteiger partial charge in [-0.05, 0) is 50.6 Å². The van der Waals surface area contributed by atoms with Crippen molar-refractivity contribution in [1.29, 1.82) is 0 Å². The average molecular weight is 261 g/mol. The van der Waals surface area contributed by atoms with Crippen molar-refractivity contribution in [2.24, 2.45) is 0 Å². The number of hydrogen-bond donors (Lipinski definition) is 1. The number of benzene rings is 1. The molecule has 2 rings (SSSR count). The zero-order valence-corrected chi connectivity index (χ0v) is 11.9. The minimum atomic E-state index is 0.0593. The molecule has 1 amide bonds. The second-order valence-electron chi connectivity index (χ2n) is 5.30. The fourth-order valence-electron chi connectivity index (χ4n) is 2.49. The molecule has 1 saturated heterocycles. The van der Waals surface area contributed by atoms with Crippen LogP contribution in [-0.2, 0) is 0 Å². The predicted molar refractivity (Wildman–Crippen MR) is 78.2 cm³/mol. The van der Waals surface area contributed by atoms with E-state index < -0.39 is 0 Å². The molecule has 4 heteroatoms. The largest absolute Gasteiger partial charge is 0.398 e. The van der Waals surface area contributed by atoms with Crippen molar-refractivity contribution >= 4 is 11.6 Å². The van der Waals surface area contributed by atoms with E-state index in [0.717, 1.165) is 18.7 Å². The molecule has 1 fully saturated rings. The van der Waals surface area contributed by atoms with Crippen LogP contribution < -0.4 is 5.73 Å². The van der Waals surface area contributed by atoms with Crippen molar-refractivity contribution in [2.45, 2.75) is 19.8 Å². The third-order valence-corrected chi connectivity index (χ3v) is 3.90. The van der Waals surface area contributed by atoms with E-state index in [4.69, 9.17) is 5.73 Å². The van der Waals surface area contributed by atoms with Crippen LogP contribution in [0.1, 0.15) is 28.8 Å². The third kappa shape index (κ3) is 3.26. The van der Waals surface area contributed by atoms with E-state index >= 15 is 0 Å². The summed E-state index contributed by atoms with van der Waals surface area (Å²) in [6.45, 7) is 5.96. The minimum Gasteiger partial charge on any atom is -0.398 e. The fourth-order valence-corrected chi connectivity index (χ4v) is 2.49. The molecule has 0 bridgehead atoms. The van der Waals surface area contributed by atoms with Crippen molar-refractivity contribution in [3.8, 4) is 0 Å². The van der Waals surface area contributed by atoms with Crippen LogP contribution in [0.25, 0.3) is 0 Å². The predicted octanol–water partition coefficient (Wildman–Crippen LogP) is 1.75. The number of amides is 1. The Labute approximate surface area is 115 Å². The van der Waals surface area contributed by atoms with Gasteiger partial charge in [0.25, 0.3) is 5.91 Å². The molecule has 0 unspecified atom stereocenters. The first-order valence-electron chi connectivity index (χ1n) is 6.92. The smallest absolute Gasteiger partial charge is 0.253 e. The molecule has 0 spiro atoms. The van der Waals surface area contributed by atoms with E-state index in [1.165, 1.54) is 25.9 Å². The maximum Gasteiger partial charge on any atom is 0.253 e. The molecular formula is C15H23N3O. The maximum absolute atomic E-state index is 12.4. The molecule has 0 aromatic heterocycles. The van der Waals surface area contributed by atoms with Crippen molar-refractivity contribution in [3.63, 3.8) is 0 Å². The molecule has 0 saturated carbocycles. The van der Waals surface area contributed by atoms with Crippen molar-refractivity contribution < 1.29 is 4.79 Å². The molecule has 1 aromatic carbocycles. The van der Waals surface area contributed by atoms with E-state index in [9.17, 15) is 4.79 Å². The Hall–Kier alpha value is -1.55. The number of carbonyl (C=O) groups excluding carboxylic acids is 1. The topological polar surface area (TPSA) is 49.6 Å². The summed E-state index contributed by atoms with van der Waals surface area (Å²) in [5.41, 5.74) is 8.12. The first kappa shape index (κ1) is 13.9. The van der Waals surface area contributed by atoms with E-state index in [1.807, 2.05) is 32.2 Å². The molecule has 0 atom stereocenters. The summed E-state index contributed by atoms with van der Waals surface area (Å²) in [6.07, 6.45) is 2.57. The Morgan fingerprint density at radius 1 is 1.37 bits per heavy atom. The van der Waals surface area contributed by atoms with Crippen LogP contribution in [0.15, 0.2) is 18.2 Å². The van der Waals surface area contributed by atoms with Gasteiger partial charge in [-0.2, -0.15) is 0 Å². The van der Waals surface area contributed by atoms with Gasteiger partial charge in [0.1, 0.15) is 0 Å². The second kappa shape index (κ2) is 6.06. The van der Waals surface area contributed by atoms with Crippen LogP contribution in [0.4, 0.5) is 5.69 Å². The number of nitrogen functional groups attached to an aromatic ring is 1. The average Bonchev–Trinajstić information content (AvgIpc) is 2.91. The zero-order valence-electron chi connectivity index (χ0n) is 11.9. The molecular weight excluding hydrogens is 238 g/mol. The highest BCUT2D eigenvalue weighted by Crippen LogP contribution is 2.17. The molecule has 4 nitrogen and oxygen atoms in total. The molecule has 2 N–H and O–H groups in total. The summed E-state index contributed by atoms with van der Waals surface area (Å²) in [5.74, 6) is 0.0593. The molecule has 0 aliphatic carbocycles. The van der Waals surface area contributed by atoms with Gasteiger partial charge in [-0.1, -0.05) is 6.07 Å². The Balaban J connectivity index is 1.96. The van der Waals surface area contributed by atoms with Gasteiger partial charge in [0.2, 0.25) is 0 Å². The van der Waals surface area contributed by atoms with Gasteiger partial charge in [-0.15, -0.1) is 0 Å². The zero-order chi connectivity index (χ0) is 13.8. The Morgan fingerprint density at radius 2 is 2.05 bits per heavy atom. The Bertz CT molecular complexity index is 453. The lowest BCUT2D eigenvalue weighted by Gasteiger charge is -2.22. The van der Waals surface area contributed by atoms with Crippen molar-refractivity contribution in [1.82, 2.24) is 9.80 Å². The van der Waals surface area contributed by atoms with Gasteiger partial charge in [0, 0.05) is 31.4 Å². The summed E-state index contributed by atoms with van der Waals surface area (Å²) < 4.78 is 0. The van der Waals surface area contributed by atoms with Crippen LogP contribution in [0.3, 0.4) is 0 Å². The monoisotopic (exact) mass is 261 g/mol. The number of nitrogens with two attached hydrogens (primary N) is 1. The number of nitrogens with zero attached hydrogens (tertiary/aromatic N) is 2. The molecule has 1 aliphatic heterocycles. The van der Waals surface area contributed by atoms with Crippen LogP contribution in [0.5, 0.6) is 0 Å². The SMILES string of the molecule is Cc1c(N)cccc1C(=O)N(C)CCN1CCCC1. The molecule has 1 aliphatic rings. The van der Waals surface area contributed by atoms with Gasteiger partial charge in [-0.25, -0.2) is 0 Å². The number of hydrogen-bond acceptors (Lipinski definition) is 3. The van der Waals surface area contributed by atoms with Crippen LogP contribution in [-0.4, -0.2) is 48.9 Å². The standard InChI is InChI=1S/C15H23N3O/c1-12-13(6-5-7-14(12)16)15(19)17(2)10-11-18-8-3-4-9-18/h5-7H,3-4,8-11,16H2,1-2H3. The minimum absolute atomic E-state index is 0.0593. The van der Waals surface area contributed by atoms with Gasteiger partial charge < -0.3 is 15.5 Å². The summed E-state index contributed by atoms with van der Waals surface area (Å²) in [7, 11) is 1.86. The summed E-state index contributed by atoms with van der Waals surface area (Å²) in [4.78, 5) is 16.6. The summed E-state index contributed by atoms with van der Waals surface area (Å²) in [5, 5.41) is 0. The number of likely N-dealkylation sites (tertiary alicyclic amines) is 1. The highest BCUT2D eigenvalue weighted by Gasteiger charge is 2.17. The number of rotatable bonds is 4. The van der Waals surface area contributed by atoms with E-state index in [-0.39, 0.29) is 5.91 Å². The molecule has 0 radical (unpaired) electrons. The number of likely N-dealkylation sites (N-methyl/N-ethyl adjacent to an activating group) is 1. The quantitative estimate of drug-likeness (QED) is 0.840. The molecule has 1 heterocycles. The van der Waals surface area contributed by atoms with Gasteiger partial charge in [0.15, 0.2) is 0 Å². The fraction of sp³-hybridized carbons (Fsp3) is 0.533. The summed E-state index contributed by atoms with van der Waals surface area (Å²) >= 11 is 0. The second-order valence-corrected chi connectivity index (χ2v) is 5.30. The lowest BCUT2D eigenvalue weighted by atomic mass is 10.1. The summed E-state index contributed by atoms with van der Waals surface area (Å²) in [6, 6.07) is 5.51. The van der Waals surface area contributed by atoms with Gasteiger partial charge in [-0.3, -0.25) is 4.79 Å². The first-order valence-corrected chi connectivity index (χ1v) is 6.92. The number of carbonyl (C=O) groups is 1. The highest BCUT2D eigenvalue weighted by atomic mass is 16.2. The maximum atomic E-state index is 12.4. The lowest BCUT2D eigenvalue weighted by Crippen LogP contribution is -2.35. The Morgan fingerprint density at radius 3 is 2.74 bits per heavy atom. The van der Waals surface area contributed by atoms with Crippen LogP contribution >= 0.6 is 0 Å². The van der Waals surface area contributed by atoms with E-state index in [1.54, 1.807) is 4.90 Å². The normalized spacial score (nSPS) is 15.7. The lowest BCUT2D eigenvalue weighted by molar-refractivity contribution is 0.0781. The van der Waals surface area contributed by atoms with E-state index in [2.05, 4.69) is 4.90 Å². The molecule has 104 valence electrons. The van der Waals surface area contributed by atoms with Crippen molar-refractivity contribution in [3.05, 3.63) is 29.3 Å². The first-order chi connectivity index (χ1) is 9.09. The Kier molecular flexibility index (Phi) is 4.43. The van der Waals surface area contributed by atoms with Gasteiger partial charge in [0.05, 0.1) is 0 Å². The third-order valence-electron chi connectivity index (χ3n) is 3.90.